The zero-order chi connectivity index (χ0) is 10.8. The number of fused-ring (bicyclic) bond motifs is 1. The lowest BCUT2D eigenvalue weighted by atomic mass is 10.3. The molecule has 1 aromatic heterocycles. The quantitative estimate of drug-likeness (QED) is 0.597. The Hall–Kier alpha value is -1.29. The number of benzene rings is 1. The molecule has 0 saturated carbocycles. The van der Waals surface area contributed by atoms with E-state index in [1.807, 2.05) is 22.6 Å². The molecule has 0 aliphatic carbocycles. The maximum Gasteiger partial charge on any atom is 0.420 e. The van der Waals surface area contributed by atoms with Crippen molar-refractivity contribution >= 4 is 33.7 Å². The van der Waals surface area contributed by atoms with Crippen molar-refractivity contribution in [3.05, 3.63) is 34.6 Å². The fourth-order valence-corrected chi connectivity index (χ4v) is 1.50. The molecular formula is C10H5FINO2. The van der Waals surface area contributed by atoms with Gasteiger partial charge >= 0.3 is 5.76 Å². The van der Waals surface area contributed by atoms with Gasteiger partial charge in [0, 0.05) is 22.6 Å². The van der Waals surface area contributed by atoms with Gasteiger partial charge in [0.25, 0.3) is 0 Å². The molecule has 0 saturated heterocycles. The molecule has 1 aromatic carbocycles. The van der Waals surface area contributed by atoms with Crippen LogP contribution < -0.4 is 5.76 Å². The van der Waals surface area contributed by atoms with Gasteiger partial charge in [0.2, 0.25) is 0 Å². The second-order valence-electron chi connectivity index (χ2n) is 2.81. The number of hydrogen-bond donors (Lipinski definition) is 0. The van der Waals surface area contributed by atoms with Gasteiger partial charge in [-0.05, 0) is 16.1 Å². The number of rotatable bonds is 1. The smallest absolute Gasteiger partial charge is 0.408 e. The maximum atomic E-state index is 13.4. The highest BCUT2D eigenvalue weighted by atomic mass is 127. The van der Waals surface area contributed by atoms with Gasteiger partial charge in [0.15, 0.2) is 11.4 Å². The molecule has 0 aliphatic rings. The van der Waals surface area contributed by atoms with E-state index in [-0.39, 0.29) is 17.6 Å². The first kappa shape index (κ1) is 10.2. The summed E-state index contributed by atoms with van der Waals surface area (Å²) in [7, 11) is 0. The van der Waals surface area contributed by atoms with Gasteiger partial charge < -0.3 is 4.42 Å². The summed E-state index contributed by atoms with van der Waals surface area (Å²) in [6.45, 7) is 0.135. The Labute approximate surface area is 98.0 Å². The van der Waals surface area contributed by atoms with Crippen LogP contribution >= 0.6 is 22.6 Å². The molecule has 76 valence electrons. The Bertz CT molecular complexity index is 618. The average Bonchev–Trinajstić information content (AvgIpc) is 2.53. The van der Waals surface area contributed by atoms with E-state index >= 15 is 0 Å². The lowest BCUT2D eigenvalue weighted by Gasteiger charge is -1.95. The zero-order valence-electron chi connectivity index (χ0n) is 7.46. The van der Waals surface area contributed by atoms with Crippen LogP contribution in [0.3, 0.4) is 0 Å². The first-order valence-corrected chi connectivity index (χ1v) is 5.18. The summed E-state index contributed by atoms with van der Waals surface area (Å²) in [4.78, 5) is 11.4. The fraction of sp³-hybridized carbons (Fsp3) is 0.100. The Balaban J connectivity index is 2.74. The SMILES string of the molecule is O=c1oc2cccc(F)c2n1CC#CI. The van der Waals surface area contributed by atoms with E-state index < -0.39 is 11.6 Å². The van der Waals surface area contributed by atoms with E-state index in [1.54, 1.807) is 6.07 Å². The first-order chi connectivity index (χ1) is 7.24. The standard InChI is InChI=1S/C10H5FINO2/c11-7-3-1-4-8-9(7)13(6-2-5-12)10(14)15-8/h1,3-4H,6H2. The van der Waals surface area contributed by atoms with Crippen LogP contribution in [0.4, 0.5) is 4.39 Å². The molecule has 1 heterocycles. The number of para-hydroxylation sites is 1. The molecule has 2 aromatic rings. The zero-order valence-corrected chi connectivity index (χ0v) is 9.62. The highest BCUT2D eigenvalue weighted by Gasteiger charge is 2.11. The fourth-order valence-electron chi connectivity index (χ4n) is 1.33. The van der Waals surface area contributed by atoms with E-state index in [0.717, 1.165) is 0 Å². The molecular weight excluding hydrogens is 312 g/mol. The highest BCUT2D eigenvalue weighted by molar-refractivity contribution is 14.1. The van der Waals surface area contributed by atoms with Gasteiger partial charge in [-0.1, -0.05) is 12.0 Å². The summed E-state index contributed by atoms with van der Waals surface area (Å²) in [6, 6.07) is 4.33. The predicted octanol–water partition coefficient (Wildman–Crippen LogP) is 2.13. The summed E-state index contributed by atoms with van der Waals surface area (Å²) in [5.41, 5.74) is 0.414. The van der Waals surface area contributed by atoms with Crippen molar-refractivity contribution < 1.29 is 8.81 Å². The van der Waals surface area contributed by atoms with Crippen LogP contribution in [0.1, 0.15) is 0 Å². The van der Waals surface area contributed by atoms with Gasteiger partial charge in [-0.2, -0.15) is 0 Å². The Morgan fingerprint density at radius 1 is 1.53 bits per heavy atom. The molecule has 0 spiro atoms. The van der Waals surface area contributed by atoms with Crippen molar-refractivity contribution in [2.45, 2.75) is 6.54 Å². The van der Waals surface area contributed by atoms with Crippen molar-refractivity contribution in [2.75, 3.05) is 0 Å². The van der Waals surface area contributed by atoms with Crippen molar-refractivity contribution in [2.24, 2.45) is 0 Å². The normalized spacial score (nSPS) is 10.0. The van der Waals surface area contributed by atoms with Gasteiger partial charge in [-0.25, -0.2) is 9.18 Å². The molecule has 0 radical (unpaired) electrons. The third kappa shape index (κ3) is 1.77. The van der Waals surface area contributed by atoms with Crippen LogP contribution in [-0.2, 0) is 6.54 Å². The van der Waals surface area contributed by atoms with E-state index in [0.29, 0.717) is 0 Å². The van der Waals surface area contributed by atoms with E-state index in [2.05, 4.69) is 9.85 Å². The molecule has 0 atom stereocenters. The molecule has 15 heavy (non-hydrogen) atoms. The lowest BCUT2D eigenvalue weighted by Crippen LogP contribution is -2.13. The Kier molecular flexibility index (Phi) is 2.77. The topological polar surface area (TPSA) is 35.1 Å². The summed E-state index contributed by atoms with van der Waals surface area (Å²) in [5, 5.41) is 0. The van der Waals surface area contributed by atoms with Crippen LogP contribution in [0.5, 0.6) is 0 Å². The minimum Gasteiger partial charge on any atom is -0.408 e. The van der Waals surface area contributed by atoms with Crippen LogP contribution in [0.25, 0.3) is 11.1 Å². The van der Waals surface area contributed by atoms with Gasteiger partial charge in [0.1, 0.15) is 5.52 Å². The number of hydrogen-bond acceptors (Lipinski definition) is 2. The predicted molar refractivity (Wildman–Crippen MR) is 62.2 cm³/mol. The van der Waals surface area contributed by atoms with Crippen LogP contribution in [-0.4, -0.2) is 4.57 Å². The Morgan fingerprint density at radius 2 is 2.33 bits per heavy atom. The van der Waals surface area contributed by atoms with Crippen LogP contribution in [0, 0.1) is 15.7 Å². The number of halogens is 2. The molecule has 0 N–H and O–H groups in total. The van der Waals surface area contributed by atoms with E-state index in [1.165, 1.54) is 16.7 Å². The lowest BCUT2D eigenvalue weighted by molar-refractivity contribution is 0.521. The number of nitrogens with zero attached hydrogens (tertiary/aromatic N) is 1. The van der Waals surface area contributed by atoms with Gasteiger partial charge in [-0.3, -0.25) is 4.57 Å². The van der Waals surface area contributed by atoms with Crippen molar-refractivity contribution in [3.8, 4) is 9.85 Å². The summed E-state index contributed by atoms with van der Waals surface area (Å²) in [6.07, 6.45) is 0. The first-order valence-electron chi connectivity index (χ1n) is 4.10. The molecule has 0 aliphatic heterocycles. The molecule has 5 heteroatoms. The second-order valence-corrected chi connectivity index (χ2v) is 3.35. The van der Waals surface area contributed by atoms with Crippen LogP contribution in [0.15, 0.2) is 27.4 Å². The average molecular weight is 317 g/mol. The van der Waals surface area contributed by atoms with E-state index in [4.69, 9.17) is 4.42 Å². The third-order valence-electron chi connectivity index (χ3n) is 1.94. The van der Waals surface area contributed by atoms with Crippen LogP contribution in [0.2, 0.25) is 0 Å². The van der Waals surface area contributed by atoms with Gasteiger partial charge in [-0.15, -0.1) is 0 Å². The summed E-state index contributed by atoms with van der Waals surface area (Å²) in [5.74, 6) is 1.62. The van der Waals surface area contributed by atoms with E-state index in [9.17, 15) is 9.18 Å². The molecule has 2 rings (SSSR count). The number of aromatic nitrogens is 1. The second kappa shape index (κ2) is 4.06. The molecule has 3 nitrogen and oxygen atoms in total. The Morgan fingerprint density at radius 3 is 3.07 bits per heavy atom. The molecule has 0 bridgehead atoms. The summed E-state index contributed by atoms with van der Waals surface area (Å²) < 4.78 is 22.1. The van der Waals surface area contributed by atoms with Crippen molar-refractivity contribution in [1.29, 1.82) is 0 Å². The van der Waals surface area contributed by atoms with Crippen molar-refractivity contribution in [3.63, 3.8) is 0 Å². The molecule has 0 amide bonds. The minimum atomic E-state index is -0.589. The summed E-state index contributed by atoms with van der Waals surface area (Å²) >= 11 is 1.86. The minimum absolute atomic E-state index is 0.135. The highest BCUT2D eigenvalue weighted by Crippen LogP contribution is 2.15. The largest absolute Gasteiger partial charge is 0.420 e. The van der Waals surface area contributed by atoms with Gasteiger partial charge in [0.05, 0.1) is 6.54 Å². The third-order valence-corrected chi connectivity index (χ3v) is 2.32. The monoisotopic (exact) mass is 317 g/mol. The molecule has 0 fully saturated rings. The van der Waals surface area contributed by atoms with Crippen molar-refractivity contribution in [1.82, 2.24) is 4.57 Å². The molecule has 0 unspecified atom stereocenters. The maximum absolute atomic E-state index is 13.4. The number of oxazole rings is 1.